The maximum Gasteiger partial charge on any atom is 0.121 e. The molecule has 1 aliphatic heterocycles. The van der Waals surface area contributed by atoms with Crippen molar-refractivity contribution in [2.75, 3.05) is 19.6 Å². The highest BCUT2D eigenvalue weighted by Crippen LogP contribution is 2.32. The summed E-state index contributed by atoms with van der Waals surface area (Å²) in [5.74, 6) is 0. The number of hydrogen-bond acceptors (Lipinski definition) is 1. The van der Waals surface area contributed by atoms with Crippen molar-refractivity contribution in [3.63, 3.8) is 0 Å². The second-order valence-corrected chi connectivity index (χ2v) is 7.98. The van der Waals surface area contributed by atoms with Gasteiger partial charge in [0, 0.05) is 31.9 Å². The van der Waals surface area contributed by atoms with E-state index >= 15 is 0 Å². The van der Waals surface area contributed by atoms with Crippen LogP contribution in [0.4, 0.5) is 0 Å². The van der Waals surface area contributed by atoms with E-state index in [1.807, 2.05) is 36.4 Å². The van der Waals surface area contributed by atoms with Crippen LogP contribution in [0.25, 0.3) is 21.8 Å². The molecule has 0 saturated carbocycles. The van der Waals surface area contributed by atoms with Gasteiger partial charge in [-0.1, -0.05) is 23.2 Å². The lowest BCUT2D eigenvalue weighted by Crippen LogP contribution is -3.13. The molecule has 1 fully saturated rings. The number of nitrogens with one attached hydrogen (secondary N) is 1. The topological polar surface area (TPSA) is 29.6 Å². The molecule has 1 atom stereocenters. The first-order valence-corrected chi connectivity index (χ1v) is 9.76. The van der Waals surface area contributed by atoms with Crippen LogP contribution < -0.4 is 4.90 Å². The molecule has 0 spiro atoms. The summed E-state index contributed by atoms with van der Waals surface area (Å²) in [6.07, 6.45) is 3.51. The summed E-state index contributed by atoms with van der Waals surface area (Å²) in [5.41, 5.74) is 2.18. The SMILES string of the molecule is O[C@@H](Cn1c2ccc(Cl)cc2c2cc(Cl)ccc21)C[NH+]1CCCCC1. The van der Waals surface area contributed by atoms with Crippen molar-refractivity contribution in [1.82, 2.24) is 4.57 Å². The Labute approximate surface area is 157 Å². The predicted molar refractivity (Wildman–Crippen MR) is 105 cm³/mol. The number of piperidine rings is 1. The van der Waals surface area contributed by atoms with Gasteiger partial charge in [-0.25, -0.2) is 0 Å². The minimum absolute atomic E-state index is 0.363. The van der Waals surface area contributed by atoms with Crippen LogP contribution in [0.1, 0.15) is 19.3 Å². The largest absolute Gasteiger partial charge is 0.385 e. The molecule has 132 valence electrons. The summed E-state index contributed by atoms with van der Waals surface area (Å²) >= 11 is 12.4. The van der Waals surface area contributed by atoms with Gasteiger partial charge in [-0.2, -0.15) is 0 Å². The van der Waals surface area contributed by atoms with Gasteiger partial charge < -0.3 is 14.6 Å². The summed E-state index contributed by atoms with van der Waals surface area (Å²) in [5, 5.41) is 14.3. The Morgan fingerprint density at radius 1 is 0.920 bits per heavy atom. The van der Waals surface area contributed by atoms with E-state index in [9.17, 15) is 5.11 Å². The molecule has 2 aromatic carbocycles. The van der Waals surface area contributed by atoms with Gasteiger partial charge in [0.15, 0.2) is 0 Å². The lowest BCUT2D eigenvalue weighted by Gasteiger charge is -2.26. The Hall–Kier alpha value is -1.26. The fourth-order valence-corrected chi connectivity index (χ4v) is 4.45. The van der Waals surface area contributed by atoms with Crippen LogP contribution in [-0.4, -0.2) is 35.4 Å². The number of aliphatic hydroxyl groups excluding tert-OH is 1. The van der Waals surface area contributed by atoms with Crippen LogP contribution in [0.15, 0.2) is 36.4 Å². The molecule has 4 rings (SSSR count). The molecular formula is C20H23Cl2N2O+. The molecule has 0 aliphatic carbocycles. The highest BCUT2D eigenvalue weighted by atomic mass is 35.5. The molecule has 1 saturated heterocycles. The summed E-state index contributed by atoms with van der Waals surface area (Å²) < 4.78 is 2.20. The quantitative estimate of drug-likeness (QED) is 0.715. The van der Waals surface area contributed by atoms with Crippen LogP contribution in [0.2, 0.25) is 10.0 Å². The number of benzene rings is 2. The average molecular weight is 378 g/mol. The molecule has 0 unspecified atom stereocenters. The van der Waals surface area contributed by atoms with E-state index in [0.29, 0.717) is 16.6 Å². The molecular weight excluding hydrogens is 355 g/mol. The number of aromatic nitrogens is 1. The van der Waals surface area contributed by atoms with E-state index in [4.69, 9.17) is 23.2 Å². The van der Waals surface area contributed by atoms with E-state index in [2.05, 4.69) is 4.57 Å². The zero-order valence-electron chi connectivity index (χ0n) is 14.1. The van der Waals surface area contributed by atoms with Crippen LogP contribution in [-0.2, 0) is 6.54 Å². The minimum atomic E-state index is -0.363. The smallest absolute Gasteiger partial charge is 0.121 e. The number of halogens is 2. The lowest BCUT2D eigenvalue weighted by atomic mass is 10.1. The van der Waals surface area contributed by atoms with Gasteiger partial charge in [-0.05, 0) is 55.7 Å². The van der Waals surface area contributed by atoms with E-state index in [0.717, 1.165) is 28.4 Å². The van der Waals surface area contributed by atoms with Crippen LogP contribution in [0.3, 0.4) is 0 Å². The Kier molecular flexibility index (Phi) is 4.92. The lowest BCUT2D eigenvalue weighted by molar-refractivity contribution is -0.908. The predicted octanol–water partition coefficient (Wildman–Crippen LogP) is 3.53. The first kappa shape index (κ1) is 17.2. The number of likely N-dealkylation sites (tertiary alicyclic amines) is 1. The van der Waals surface area contributed by atoms with Crippen molar-refractivity contribution >= 4 is 45.0 Å². The van der Waals surface area contributed by atoms with Crippen molar-refractivity contribution in [2.24, 2.45) is 0 Å². The van der Waals surface area contributed by atoms with Crippen molar-refractivity contribution in [2.45, 2.75) is 31.9 Å². The zero-order chi connectivity index (χ0) is 17.4. The summed E-state index contributed by atoms with van der Waals surface area (Å²) in [6, 6.07) is 11.8. The molecule has 0 radical (unpaired) electrons. The van der Waals surface area contributed by atoms with Gasteiger partial charge in [0.25, 0.3) is 0 Å². The third-order valence-corrected chi connectivity index (χ3v) is 5.74. The standard InChI is InChI=1S/C20H22Cl2N2O/c21-14-4-6-19-17(10-14)18-11-15(22)5-7-20(18)24(19)13-16(25)12-23-8-2-1-3-9-23/h4-7,10-11,16,25H,1-3,8-9,12-13H2/p+1/t16-/m1/s1. The third-order valence-electron chi connectivity index (χ3n) is 5.27. The molecule has 25 heavy (non-hydrogen) atoms. The van der Waals surface area contributed by atoms with Crippen molar-refractivity contribution < 1.29 is 10.0 Å². The maximum absolute atomic E-state index is 10.7. The number of fused-ring (bicyclic) bond motifs is 3. The van der Waals surface area contributed by atoms with Gasteiger partial charge >= 0.3 is 0 Å². The Morgan fingerprint density at radius 2 is 1.48 bits per heavy atom. The van der Waals surface area contributed by atoms with Crippen molar-refractivity contribution in [3.8, 4) is 0 Å². The normalized spacial score (nSPS) is 17.4. The molecule has 0 bridgehead atoms. The summed E-state index contributed by atoms with van der Waals surface area (Å²) in [4.78, 5) is 1.52. The number of hydrogen-bond donors (Lipinski definition) is 2. The number of nitrogens with zero attached hydrogens (tertiary/aromatic N) is 1. The first-order chi connectivity index (χ1) is 12.1. The van der Waals surface area contributed by atoms with Crippen LogP contribution in [0, 0.1) is 0 Å². The maximum atomic E-state index is 10.7. The van der Waals surface area contributed by atoms with Gasteiger partial charge in [0.2, 0.25) is 0 Å². The monoisotopic (exact) mass is 377 g/mol. The average Bonchev–Trinajstić information content (AvgIpc) is 2.88. The van der Waals surface area contributed by atoms with Crippen LogP contribution in [0.5, 0.6) is 0 Å². The molecule has 0 amide bonds. The molecule has 1 aliphatic rings. The molecule has 2 N–H and O–H groups in total. The summed E-state index contributed by atoms with van der Waals surface area (Å²) in [6.45, 7) is 3.75. The number of aliphatic hydroxyl groups is 1. The Bertz CT molecular complexity index is 840. The zero-order valence-corrected chi connectivity index (χ0v) is 15.7. The third kappa shape index (κ3) is 3.52. The second kappa shape index (κ2) is 7.16. The first-order valence-electron chi connectivity index (χ1n) is 9.00. The van der Waals surface area contributed by atoms with Gasteiger partial charge in [-0.3, -0.25) is 0 Å². The fraction of sp³-hybridized carbons (Fsp3) is 0.400. The van der Waals surface area contributed by atoms with Gasteiger partial charge in [0.1, 0.15) is 12.6 Å². The Balaban J connectivity index is 1.69. The molecule has 2 heterocycles. The molecule has 1 aromatic heterocycles. The highest BCUT2D eigenvalue weighted by Gasteiger charge is 2.20. The second-order valence-electron chi connectivity index (χ2n) is 7.10. The Morgan fingerprint density at radius 3 is 2.04 bits per heavy atom. The van der Waals surface area contributed by atoms with E-state index in [1.165, 1.54) is 37.3 Å². The van der Waals surface area contributed by atoms with E-state index in [-0.39, 0.29) is 6.10 Å². The van der Waals surface area contributed by atoms with E-state index < -0.39 is 0 Å². The van der Waals surface area contributed by atoms with Gasteiger partial charge in [-0.15, -0.1) is 0 Å². The minimum Gasteiger partial charge on any atom is -0.385 e. The van der Waals surface area contributed by atoms with E-state index in [1.54, 1.807) is 0 Å². The summed E-state index contributed by atoms with van der Waals surface area (Å²) in [7, 11) is 0. The highest BCUT2D eigenvalue weighted by molar-refractivity contribution is 6.33. The fourth-order valence-electron chi connectivity index (χ4n) is 4.11. The van der Waals surface area contributed by atoms with Crippen LogP contribution >= 0.6 is 23.2 Å². The number of rotatable bonds is 4. The van der Waals surface area contributed by atoms with Crippen molar-refractivity contribution in [3.05, 3.63) is 46.4 Å². The molecule has 3 aromatic rings. The van der Waals surface area contributed by atoms with Gasteiger partial charge in [0.05, 0.1) is 19.6 Å². The molecule has 3 nitrogen and oxygen atoms in total. The molecule has 5 heteroatoms. The number of quaternary nitrogens is 1. The van der Waals surface area contributed by atoms with Crippen molar-refractivity contribution in [1.29, 1.82) is 0 Å².